The first-order chi connectivity index (χ1) is 6.24. The zero-order chi connectivity index (χ0) is 9.68. The van der Waals surface area contributed by atoms with E-state index in [0.717, 1.165) is 11.3 Å². The molecule has 13 heavy (non-hydrogen) atoms. The summed E-state index contributed by atoms with van der Waals surface area (Å²) in [7, 11) is 0. The molecule has 0 radical (unpaired) electrons. The molecule has 0 saturated carbocycles. The fourth-order valence-corrected chi connectivity index (χ4v) is 0.967. The first-order valence-corrected chi connectivity index (χ1v) is 4.26. The van der Waals surface area contributed by atoms with E-state index in [0.29, 0.717) is 0 Å². The zero-order valence-corrected chi connectivity index (χ0v) is 7.66. The summed E-state index contributed by atoms with van der Waals surface area (Å²) < 4.78 is 17.9. The summed E-state index contributed by atoms with van der Waals surface area (Å²) in [5.41, 5.74) is 6.13. The third-order valence-corrected chi connectivity index (χ3v) is 1.77. The molecule has 0 aliphatic rings. The monoisotopic (exact) mass is 183 g/mol. The van der Waals surface area contributed by atoms with Gasteiger partial charge in [-0.3, -0.25) is 0 Å². The van der Waals surface area contributed by atoms with E-state index in [1.807, 2.05) is 31.2 Å². The zero-order valence-electron chi connectivity index (χ0n) is 7.66. The number of ether oxygens (including phenoxy) is 1. The number of rotatable bonds is 4. The van der Waals surface area contributed by atoms with Crippen LogP contribution in [-0.4, -0.2) is 19.3 Å². The van der Waals surface area contributed by atoms with Crippen LogP contribution in [0, 0.1) is 6.92 Å². The van der Waals surface area contributed by atoms with Crippen molar-refractivity contribution in [1.82, 2.24) is 0 Å². The van der Waals surface area contributed by atoms with Crippen LogP contribution in [0.3, 0.4) is 0 Å². The maximum absolute atomic E-state index is 12.7. The lowest BCUT2D eigenvalue weighted by Gasteiger charge is -2.10. The number of nitrogens with two attached hydrogens (primary N) is 1. The quantitative estimate of drug-likeness (QED) is 0.770. The summed E-state index contributed by atoms with van der Waals surface area (Å²) in [6, 6.07) is 7.51. The van der Waals surface area contributed by atoms with Crippen molar-refractivity contribution in [3.63, 3.8) is 0 Å². The van der Waals surface area contributed by atoms with Crippen LogP contribution in [0.2, 0.25) is 0 Å². The largest absolute Gasteiger partial charge is 0.490 e. The van der Waals surface area contributed by atoms with E-state index in [9.17, 15) is 4.39 Å². The van der Waals surface area contributed by atoms with E-state index in [2.05, 4.69) is 0 Å². The molecule has 0 aromatic heterocycles. The van der Waals surface area contributed by atoms with Gasteiger partial charge in [-0.25, -0.2) is 4.39 Å². The highest BCUT2D eigenvalue weighted by atomic mass is 19.1. The van der Waals surface area contributed by atoms with Gasteiger partial charge in [0.1, 0.15) is 18.5 Å². The first kappa shape index (κ1) is 9.99. The van der Waals surface area contributed by atoms with Gasteiger partial charge in [0, 0.05) is 6.54 Å². The van der Waals surface area contributed by atoms with Gasteiger partial charge in [-0.05, 0) is 18.6 Å². The third-order valence-electron chi connectivity index (χ3n) is 1.77. The summed E-state index contributed by atoms with van der Waals surface area (Å²) in [6.07, 6.45) is -1.08. The van der Waals surface area contributed by atoms with Gasteiger partial charge in [0.2, 0.25) is 0 Å². The molecule has 2 N–H and O–H groups in total. The number of alkyl halides is 1. The first-order valence-electron chi connectivity index (χ1n) is 4.26. The van der Waals surface area contributed by atoms with Crippen LogP contribution in [0.15, 0.2) is 24.3 Å². The Hall–Kier alpha value is -1.09. The highest BCUT2D eigenvalue weighted by Gasteiger charge is 2.05. The minimum Gasteiger partial charge on any atom is -0.490 e. The van der Waals surface area contributed by atoms with Gasteiger partial charge in [0.25, 0.3) is 0 Å². The molecule has 1 atom stereocenters. The van der Waals surface area contributed by atoms with E-state index in [1.165, 1.54) is 0 Å². The lowest BCUT2D eigenvalue weighted by Crippen LogP contribution is -2.22. The van der Waals surface area contributed by atoms with Gasteiger partial charge in [0.05, 0.1) is 0 Å². The molecule has 1 aromatic carbocycles. The second kappa shape index (κ2) is 4.82. The van der Waals surface area contributed by atoms with Crippen molar-refractivity contribution in [3.8, 4) is 5.75 Å². The van der Waals surface area contributed by atoms with Crippen molar-refractivity contribution in [2.24, 2.45) is 5.73 Å². The molecule has 1 unspecified atom stereocenters. The van der Waals surface area contributed by atoms with Crippen molar-refractivity contribution in [2.75, 3.05) is 13.2 Å². The summed E-state index contributed by atoms with van der Waals surface area (Å²) in [6.45, 7) is 1.96. The fraction of sp³-hybridized carbons (Fsp3) is 0.400. The topological polar surface area (TPSA) is 35.2 Å². The summed E-state index contributed by atoms with van der Waals surface area (Å²) in [4.78, 5) is 0. The standard InChI is InChI=1S/C10H14FNO/c1-8-4-2-3-5-10(8)13-7-9(11)6-12/h2-5,9H,6-7,12H2,1H3. The Morgan fingerprint density at radius 2 is 2.15 bits per heavy atom. The maximum atomic E-state index is 12.7. The summed E-state index contributed by atoms with van der Waals surface area (Å²) >= 11 is 0. The van der Waals surface area contributed by atoms with Crippen molar-refractivity contribution in [1.29, 1.82) is 0 Å². The second-order valence-corrected chi connectivity index (χ2v) is 2.91. The van der Waals surface area contributed by atoms with Crippen molar-refractivity contribution < 1.29 is 9.13 Å². The van der Waals surface area contributed by atoms with Crippen LogP contribution in [0.4, 0.5) is 4.39 Å². The molecule has 3 heteroatoms. The predicted octanol–water partition coefficient (Wildman–Crippen LogP) is 1.67. The second-order valence-electron chi connectivity index (χ2n) is 2.91. The Bertz CT molecular complexity index is 265. The van der Waals surface area contributed by atoms with E-state index in [-0.39, 0.29) is 13.2 Å². The van der Waals surface area contributed by atoms with Gasteiger partial charge in [-0.1, -0.05) is 18.2 Å². The fourth-order valence-electron chi connectivity index (χ4n) is 0.967. The molecule has 1 rings (SSSR count). The van der Waals surface area contributed by atoms with Gasteiger partial charge in [-0.15, -0.1) is 0 Å². The van der Waals surface area contributed by atoms with Gasteiger partial charge in [0.15, 0.2) is 0 Å². The van der Waals surface area contributed by atoms with Crippen molar-refractivity contribution in [3.05, 3.63) is 29.8 Å². The lowest BCUT2D eigenvalue weighted by molar-refractivity contribution is 0.200. The van der Waals surface area contributed by atoms with E-state index in [1.54, 1.807) is 0 Å². The van der Waals surface area contributed by atoms with E-state index in [4.69, 9.17) is 10.5 Å². The Balaban J connectivity index is 2.50. The molecule has 0 fully saturated rings. The Labute approximate surface area is 77.5 Å². The van der Waals surface area contributed by atoms with Crippen LogP contribution in [0.25, 0.3) is 0 Å². The van der Waals surface area contributed by atoms with Gasteiger partial charge < -0.3 is 10.5 Å². The summed E-state index contributed by atoms with van der Waals surface area (Å²) in [5.74, 6) is 0.721. The highest BCUT2D eigenvalue weighted by molar-refractivity contribution is 5.31. The van der Waals surface area contributed by atoms with E-state index < -0.39 is 6.17 Å². The molecular weight excluding hydrogens is 169 g/mol. The number of benzene rings is 1. The number of para-hydroxylation sites is 1. The van der Waals surface area contributed by atoms with Gasteiger partial charge >= 0.3 is 0 Å². The van der Waals surface area contributed by atoms with E-state index >= 15 is 0 Å². The molecule has 0 amide bonds. The molecule has 1 aromatic rings. The number of hydrogen-bond donors (Lipinski definition) is 1. The third kappa shape index (κ3) is 3.03. The molecule has 0 spiro atoms. The molecular formula is C10H14FNO. The molecule has 0 aliphatic heterocycles. The maximum Gasteiger partial charge on any atom is 0.146 e. The van der Waals surface area contributed by atoms with Crippen LogP contribution in [-0.2, 0) is 0 Å². The van der Waals surface area contributed by atoms with Crippen LogP contribution >= 0.6 is 0 Å². The number of aryl methyl sites for hydroxylation is 1. The van der Waals surface area contributed by atoms with Crippen LogP contribution < -0.4 is 10.5 Å². The smallest absolute Gasteiger partial charge is 0.146 e. The minimum atomic E-state index is -1.08. The number of hydrogen-bond acceptors (Lipinski definition) is 2. The van der Waals surface area contributed by atoms with Crippen LogP contribution in [0.1, 0.15) is 5.56 Å². The molecule has 72 valence electrons. The normalized spacial score (nSPS) is 12.5. The lowest BCUT2D eigenvalue weighted by atomic mass is 10.2. The average molecular weight is 183 g/mol. The highest BCUT2D eigenvalue weighted by Crippen LogP contribution is 2.16. The Kier molecular flexibility index (Phi) is 3.71. The minimum absolute atomic E-state index is 0.00583. The molecule has 0 bridgehead atoms. The van der Waals surface area contributed by atoms with Crippen LogP contribution in [0.5, 0.6) is 5.75 Å². The predicted molar refractivity (Wildman–Crippen MR) is 50.6 cm³/mol. The Morgan fingerprint density at radius 1 is 1.46 bits per heavy atom. The molecule has 0 saturated heterocycles. The molecule has 0 heterocycles. The molecule has 0 aliphatic carbocycles. The van der Waals surface area contributed by atoms with Gasteiger partial charge in [-0.2, -0.15) is 0 Å². The SMILES string of the molecule is Cc1ccccc1OCC(F)CN. The summed E-state index contributed by atoms with van der Waals surface area (Å²) in [5, 5.41) is 0. The van der Waals surface area contributed by atoms with Crippen molar-refractivity contribution in [2.45, 2.75) is 13.1 Å². The number of halogens is 1. The van der Waals surface area contributed by atoms with Crippen molar-refractivity contribution >= 4 is 0 Å². The molecule has 2 nitrogen and oxygen atoms in total. The Morgan fingerprint density at radius 3 is 2.77 bits per heavy atom. The average Bonchev–Trinajstić information content (AvgIpc) is 2.16.